The topological polar surface area (TPSA) is 65.7 Å². The van der Waals surface area contributed by atoms with E-state index in [0.29, 0.717) is 0 Å². The number of fused-ring (bicyclic) bond motifs is 1. The van der Waals surface area contributed by atoms with Gasteiger partial charge in [0.1, 0.15) is 17.3 Å². The average Bonchev–Trinajstić information content (AvgIpc) is 3.32. The summed E-state index contributed by atoms with van der Waals surface area (Å²) in [5, 5.41) is 0. The van der Waals surface area contributed by atoms with E-state index in [9.17, 15) is 22.8 Å². The molecule has 1 aromatic heterocycles. The van der Waals surface area contributed by atoms with Crippen LogP contribution >= 0.6 is 0 Å². The van der Waals surface area contributed by atoms with E-state index in [-0.39, 0.29) is 39.7 Å². The Labute approximate surface area is 168 Å². The van der Waals surface area contributed by atoms with Crippen LogP contribution in [0, 0.1) is 0 Å². The summed E-state index contributed by atoms with van der Waals surface area (Å²) in [5.74, 6) is -0.344. The number of carbonyl (C=O) groups is 2. The van der Waals surface area contributed by atoms with E-state index >= 15 is 0 Å². The first-order valence-electron chi connectivity index (χ1n) is 8.70. The molecule has 0 N–H and O–H groups in total. The van der Waals surface area contributed by atoms with Crippen molar-refractivity contribution in [2.75, 3.05) is 7.11 Å². The molecule has 0 saturated heterocycles. The second-order valence-corrected chi connectivity index (χ2v) is 6.42. The zero-order chi connectivity index (χ0) is 21.5. The molecule has 152 valence electrons. The van der Waals surface area contributed by atoms with Crippen LogP contribution in [0.25, 0.3) is 17.4 Å². The van der Waals surface area contributed by atoms with Crippen LogP contribution in [0.4, 0.5) is 13.2 Å². The highest BCUT2D eigenvalue weighted by Gasteiger charge is 2.31. The Hall–Kier alpha value is -3.81. The first-order chi connectivity index (χ1) is 14.3. The van der Waals surface area contributed by atoms with E-state index in [1.54, 1.807) is 0 Å². The summed E-state index contributed by atoms with van der Waals surface area (Å²) in [6.45, 7) is 0. The molecular formula is C22H13F3O5. The zero-order valence-electron chi connectivity index (χ0n) is 15.4. The van der Waals surface area contributed by atoms with Crippen LogP contribution in [-0.2, 0) is 10.9 Å². The van der Waals surface area contributed by atoms with Gasteiger partial charge in [0, 0.05) is 11.6 Å². The number of halogens is 3. The van der Waals surface area contributed by atoms with Crippen molar-refractivity contribution in [2.24, 2.45) is 0 Å². The summed E-state index contributed by atoms with van der Waals surface area (Å²) in [4.78, 5) is 24.2. The van der Waals surface area contributed by atoms with Crippen LogP contribution in [0.3, 0.4) is 0 Å². The predicted octanol–water partition coefficient (Wildman–Crippen LogP) is 5.37. The van der Waals surface area contributed by atoms with Gasteiger partial charge >= 0.3 is 12.1 Å². The van der Waals surface area contributed by atoms with Crippen LogP contribution in [0.2, 0.25) is 0 Å². The lowest BCUT2D eigenvalue weighted by molar-refractivity contribution is -0.137. The van der Waals surface area contributed by atoms with E-state index in [0.717, 1.165) is 12.1 Å². The quantitative estimate of drug-likeness (QED) is 0.426. The summed E-state index contributed by atoms with van der Waals surface area (Å²) < 4.78 is 54.5. The molecule has 30 heavy (non-hydrogen) atoms. The van der Waals surface area contributed by atoms with Gasteiger partial charge < -0.3 is 13.9 Å². The lowest BCUT2D eigenvalue weighted by Gasteiger charge is -2.07. The molecule has 2 aromatic carbocycles. The summed E-state index contributed by atoms with van der Waals surface area (Å²) in [6.07, 6.45) is -3.12. The molecule has 1 aliphatic heterocycles. The molecule has 8 heteroatoms. The van der Waals surface area contributed by atoms with Crippen molar-refractivity contribution in [1.82, 2.24) is 0 Å². The summed E-state index contributed by atoms with van der Waals surface area (Å²) >= 11 is 0. The van der Waals surface area contributed by atoms with Crippen molar-refractivity contribution in [3.8, 4) is 17.1 Å². The number of allylic oxidation sites excluding steroid dienone is 1. The molecule has 0 amide bonds. The monoisotopic (exact) mass is 414 g/mol. The van der Waals surface area contributed by atoms with Gasteiger partial charge in [0.25, 0.3) is 0 Å². The van der Waals surface area contributed by atoms with Crippen LogP contribution in [0.5, 0.6) is 5.75 Å². The minimum absolute atomic E-state index is 0.0306. The van der Waals surface area contributed by atoms with Crippen molar-refractivity contribution in [2.45, 2.75) is 6.18 Å². The summed E-state index contributed by atoms with van der Waals surface area (Å²) in [6, 6.07) is 12.1. The molecule has 2 heterocycles. The number of rotatable bonds is 3. The molecule has 3 aromatic rings. The van der Waals surface area contributed by atoms with Gasteiger partial charge in [-0.15, -0.1) is 0 Å². The number of benzene rings is 2. The van der Waals surface area contributed by atoms with Crippen molar-refractivity contribution in [3.63, 3.8) is 0 Å². The number of ketones is 1. The number of ether oxygens (including phenoxy) is 2. The Morgan fingerprint density at radius 1 is 1.07 bits per heavy atom. The van der Waals surface area contributed by atoms with Gasteiger partial charge in [-0.1, -0.05) is 12.1 Å². The number of hydrogen-bond acceptors (Lipinski definition) is 5. The molecule has 1 aliphatic rings. The summed E-state index contributed by atoms with van der Waals surface area (Å²) in [7, 11) is 1.23. The molecule has 4 rings (SSSR count). The average molecular weight is 414 g/mol. The van der Waals surface area contributed by atoms with E-state index < -0.39 is 23.5 Å². The molecule has 0 unspecified atom stereocenters. The molecule has 0 radical (unpaired) electrons. The van der Waals surface area contributed by atoms with E-state index in [4.69, 9.17) is 9.15 Å². The van der Waals surface area contributed by atoms with Crippen molar-refractivity contribution < 1.29 is 36.7 Å². The maximum Gasteiger partial charge on any atom is 0.416 e. The fourth-order valence-corrected chi connectivity index (χ4v) is 3.00. The fourth-order valence-electron chi connectivity index (χ4n) is 3.00. The second-order valence-electron chi connectivity index (χ2n) is 6.42. The molecule has 0 bridgehead atoms. The van der Waals surface area contributed by atoms with E-state index in [1.165, 1.54) is 55.7 Å². The van der Waals surface area contributed by atoms with Gasteiger partial charge in [-0.25, -0.2) is 4.79 Å². The predicted molar refractivity (Wildman–Crippen MR) is 99.9 cm³/mol. The van der Waals surface area contributed by atoms with Gasteiger partial charge in [0.15, 0.2) is 5.76 Å². The highest BCUT2D eigenvalue weighted by atomic mass is 19.4. The highest BCUT2D eigenvalue weighted by Crippen LogP contribution is 2.35. The Morgan fingerprint density at radius 2 is 1.87 bits per heavy atom. The van der Waals surface area contributed by atoms with Gasteiger partial charge in [-0.2, -0.15) is 13.2 Å². The van der Waals surface area contributed by atoms with Crippen molar-refractivity contribution in [3.05, 3.63) is 82.8 Å². The lowest BCUT2D eigenvalue weighted by Crippen LogP contribution is -2.04. The zero-order valence-corrected chi connectivity index (χ0v) is 15.4. The standard InChI is InChI=1S/C22H13F3O5/c1-28-21(27)13-5-7-18-16(10-13)20(26)19(30-18)11-15-6-8-17(29-15)12-3-2-4-14(9-12)22(23,24)25/h2-11H,1H3. The van der Waals surface area contributed by atoms with Crippen LogP contribution < -0.4 is 4.74 Å². The fraction of sp³-hybridized carbons (Fsp3) is 0.0909. The van der Waals surface area contributed by atoms with Crippen LogP contribution in [0.1, 0.15) is 32.0 Å². The number of esters is 1. The minimum Gasteiger partial charge on any atom is -0.465 e. The molecule has 0 fully saturated rings. The molecule has 5 nitrogen and oxygen atoms in total. The maximum atomic E-state index is 12.9. The normalized spacial score (nSPS) is 14.5. The number of methoxy groups -OCH3 is 1. The summed E-state index contributed by atoms with van der Waals surface area (Å²) in [5.41, 5.74) is -0.130. The largest absolute Gasteiger partial charge is 0.465 e. The molecular weight excluding hydrogens is 401 g/mol. The Kier molecular flexibility index (Phi) is 4.69. The van der Waals surface area contributed by atoms with Gasteiger partial charge in [-0.05, 0) is 42.5 Å². The Bertz CT molecular complexity index is 1190. The highest BCUT2D eigenvalue weighted by molar-refractivity contribution is 6.15. The molecule has 0 atom stereocenters. The third-order valence-corrected chi connectivity index (χ3v) is 4.46. The number of carbonyl (C=O) groups excluding carboxylic acids is 2. The minimum atomic E-state index is -4.47. The van der Waals surface area contributed by atoms with Crippen molar-refractivity contribution >= 4 is 17.8 Å². The van der Waals surface area contributed by atoms with E-state index in [1.807, 2.05) is 0 Å². The molecule has 0 spiro atoms. The smallest absolute Gasteiger partial charge is 0.416 e. The maximum absolute atomic E-state index is 12.9. The Morgan fingerprint density at radius 3 is 2.60 bits per heavy atom. The number of furan rings is 1. The first-order valence-corrected chi connectivity index (χ1v) is 8.70. The Balaban J connectivity index is 1.61. The van der Waals surface area contributed by atoms with Gasteiger partial charge in [0.05, 0.1) is 23.8 Å². The number of Topliss-reactive ketones (excluding diaryl/α,β-unsaturated/α-hetero) is 1. The van der Waals surface area contributed by atoms with Gasteiger partial charge in [0.2, 0.25) is 5.78 Å². The van der Waals surface area contributed by atoms with E-state index in [2.05, 4.69) is 4.74 Å². The van der Waals surface area contributed by atoms with Crippen LogP contribution in [0.15, 0.2) is 64.8 Å². The molecule has 0 aliphatic carbocycles. The third kappa shape index (κ3) is 3.59. The number of alkyl halides is 3. The number of hydrogen-bond donors (Lipinski definition) is 0. The van der Waals surface area contributed by atoms with Gasteiger partial charge in [-0.3, -0.25) is 4.79 Å². The SMILES string of the molecule is COC(=O)c1ccc2c(c1)C(=O)C(=Cc1ccc(-c3cccc(C(F)(F)F)c3)o1)O2. The molecule has 0 saturated carbocycles. The van der Waals surface area contributed by atoms with Crippen LogP contribution in [-0.4, -0.2) is 18.9 Å². The first kappa shape index (κ1) is 19.5. The lowest BCUT2D eigenvalue weighted by atomic mass is 10.1. The van der Waals surface area contributed by atoms with Crippen molar-refractivity contribution in [1.29, 1.82) is 0 Å². The third-order valence-electron chi connectivity index (χ3n) is 4.46. The second kappa shape index (κ2) is 7.22.